The van der Waals surface area contributed by atoms with Crippen molar-refractivity contribution < 1.29 is 34.2 Å². The van der Waals surface area contributed by atoms with Gasteiger partial charge in [0.2, 0.25) is 17.7 Å². The van der Waals surface area contributed by atoms with E-state index in [-0.39, 0.29) is 12.8 Å². The summed E-state index contributed by atoms with van der Waals surface area (Å²) in [4.78, 5) is 65.3. The lowest BCUT2D eigenvalue weighted by Gasteiger charge is -2.24. The minimum absolute atomic E-state index is 0.000633. The second-order valence-electron chi connectivity index (χ2n) is 9.62. The molecule has 1 aromatic heterocycles. The molecular weight excluding hydrogens is 508 g/mol. The van der Waals surface area contributed by atoms with Gasteiger partial charge in [-0.15, -0.1) is 0 Å². The first-order chi connectivity index (χ1) is 18.7. The van der Waals surface area contributed by atoms with Crippen molar-refractivity contribution in [2.24, 2.45) is 5.73 Å². The second-order valence-corrected chi connectivity index (χ2v) is 9.62. The van der Waals surface area contributed by atoms with Gasteiger partial charge in [-0.2, -0.15) is 0 Å². The molecule has 39 heavy (non-hydrogen) atoms. The number of H-pyrrole nitrogens is 1. The molecule has 3 rings (SSSR count). The van der Waals surface area contributed by atoms with Crippen molar-refractivity contribution in [1.82, 2.24) is 26.3 Å². The van der Waals surface area contributed by atoms with E-state index in [1.807, 2.05) is 24.3 Å². The zero-order valence-corrected chi connectivity index (χ0v) is 21.6. The minimum atomic E-state index is -1.41. The van der Waals surface area contributed by atoms with Crippen LogP contribution in [-0.4, -0.2) is 82.1 Å². The van der Waals surface area contributed by atoms with E-state index in [0.29, 0.717) is 37.9 Å². The smallest absolute Gasteiger partial charge is 0.326 e. The highest BCUT2D eigenvalue weighted by molar-refractivity contribution is 5.96. The van der Waals surface area contributed by atoms with Crippen LogP contribution in [0.2, 0.25) is 0 Å². The third-order valence-electron chi connectivity index (χ3n) is 6.68. The molecule has 0 saturated carbocycles. The van der Waals surface area contributed by atoms with Crippen molar-refractivity contribution in [3.05, 3.63) is 36.0 Å². The van der Waals surface area contributed by atoms with Crippen LogP contribution in [0.25, 0.3) is 10.9 Å². The fourth-order valence-corrected chi connectivity index (χ4v) is 4.59. The van der Waals surface area contributed by atoms with Crippen LogP contribution in [0, 0.1) is 0 Å². The number of hydrogen-bond acceptors (Lipinski definition) is 7. The number of nitrogens with two attached hydrogens (primary N) is 1. The fourth-order valence-electron chi connectivity index (χ4n) is 4.59. The fraction of sp³-hybridized carbons (Fsp3) is 0.500. The lowest BCUT2D eigenvalue weighted by atomic mass is 10.0. The van der Waals surface area contributed by atoms with Gasteiger partial charge in [-0.1, -0.05) is 18.2 Å². The van der Waals surface area contributed by atoms with Gasteiger partial charge in [-0.05, 0) is 56.8 Å². The Morgan fingerprint density at radius 1 is 0.974 bits per heavy atom. The van der Waals surface area contributed by atoms with Gasteiger partial charge in [0.25, 0.3) is 0 Å². The van der Waals surface area contributed by atoms with Gasteiger partial charge in [0.05, 0.1) is 12.5 Å². The summed E-state index contributed by atoms with van der Waals surface area (Å²) < 4.78 is 0. The van der Waals surface area contributed by atoms with E-state index < -0.39 is 60.2 Å². The lowest BCUT2D eigenvalue weighted by Crippen LogP contribution is -2.57. The maximum atomic E-state index is 13.2. The number of aromatic nitrogens is 1. The number of carboxylic acids is 2. The van der Waals surface area contributed by atoms with Crippen LogP contribution >= 0.6 is 0 Å². The van der Waals surface area contributed by atoms with Crippen molar-refractivity contribution in [2.45, 2.75) is 69.1 Å². The Bertz CT molecular complexity index is 1180. The zero-order chi connectivity index (χ0) is 28.4. The average Bonchev–Trinajstić information content (AvgIpc) is 3.58. The summed E-state index contributed by atoms with van der Waals surface area (Å²) in [5.74, 6) is -4.63. The molecule has 212 valence electrons. The van der Waals surface area contributed by atoms with Crippen molar-refractivity contribution in [2.75, 3.05) is 13.1 Å². The summed E-state index contributed by atoms with van der Waals surface area (Å²) in [5, 5.41) is 30.4. The number of carbonyl (C=O) groups is 5. The van der Waals surface area contributed by atoms with Crippen LogP contribution in [0.15, 0.2) is 30.5 Å². The Labute approximate surface area is 225 Å². The van der Waals surface area contributed by atoms with E-state index in [1.54, 1.807) is 6.20 Å². The highest BCUT2D eigenvalue weighted by Crippen LogP contribution is 2.19. The molecule has 0 radical (unpaired) electrons. The number of para-hydroxylation sites is 1. The van der Waals surface area contributed by atoms with Crippen molar-refractivity contribution >= 4 is 40.6 Å². The first kappa shape index (κ1) is 29.6. The van der Waals surface area contributed by atoms with E-state index in [0.717, 1.165) is 17.3 Å². The zero-order valence-electron chi connectivity index (χ0n) is 21.6. The van der Waals surface area contributed by atoms with Crippen LogP contribution in [0.1, 0.15) is 44.1 Å². The summed E-state index contributed by atoms with van der Waals surface area (Å²) in [6.45, 7) is 0.993. The predicted molar refractivity (Wildman–Crippen MR) is 142 cm³/mol. The van der Waals surface area contributed by atoms with Crippen LogP contribution in [0.4, 0.5) is 0 Å². The Morgan fingerprint density at radius 2 is 1.69 bits per heavy atom. The van der Waals surface area contributed by atoms with Crippen LogP contribution in [-0.2, 0) is 30.4 Å². The number of benzene rings is 1. The van der Waals surface area contributed by atoms with Crippen LogP contribution in [0.5, 0.6) is 0 Å². The summed E-state index contributed by atoms with van der Waals surface area (Å²) in [6.07, 6.45) is 3.50. The number of carboxylic acid groups (broad SMARTS) is 2. The number of fused-ring (bicyclic) bond motifs is 1. The molecular formula is C26H36N6O7. The number of aromatic amines is 1. The lowest BCUT2D eigenvalue weighted by molar-refractivity contribution is -0.143. The highest BCUT2D eigenvalue weighted by atomic mass is 16.4. The predicted octanol–water partition coefficient (Wildman–Crippen LogP) is -0.395. The normalized spacial score (nSPS) is 17.2. The molecule has 0 spiro atoms. The first-order valence-electron chi connectivity index (χ1n) is 13.0. The summed E-state index contributed by atoms with van der Waals surface area (Å²) in [5.41, 5.74) is 7.09. The molecule has 2 heterocycles. The van der Waals surface area contributed by atoms with Gasteiger partial charge < -0.3 is 42.2 Å². The number of aliphatic carboxylic acids is 2. The maximum absolute atomic E-state index is 13.2. The molecule has 0 aliphatic carbocycles. The Hall–Kier alpha value is -3.97. The van der Waals surface area contributed by atoms with Gasteiger partial charge in [-0.3, -0.25) is 19.2 Å². The third kappa shape index (κ3) is 8.52. The molecule has 3 amide bonds. The second kappa shape index (κ2) is 14.3. The molecule has 1 aromatic carbocycles. The van der Waals surface area contributed by atoms with Gasteiger partial charge in [-0.25, -0.2) is 4.79 Å². The largest absolute Gasteiger partial charge is 0.481 e. The van der Waals surface area contributed by atoms with Crippen molar-refractivity contribution in [3.8, 4) is 0 Å². The number of carbonyl (C=O) groups excluding carboxylic acids is 3. The number of rotatable bonds is 15. The van der Waals surface area contributed by atoms with E-state index >= 15 is 0 Å². The molecule has 13 heteroatoms. The molecule has 1 aliphatic rings. The summed E-state index contributed by atoms with van der Waals surface area (Å²) in [7, 11) is 0. The summed E-state index contributed by atoms with van der Waals surface area (Å²) >= 11 is 0. The average molecular weight is 545 g/mol. The highest BCUT2D eigenvalue weighted by Gasteiger charge is 2.32. The van der Waals surface area contributed by atoms with E-state index in [2.05, 4.69) is 26.3 Å². The Morgan fingerprint density at radius 3 is 2.36 bits per heavy atom. The Balaban J connectivity index is 1.72. The van der Waals surface area contributed by atoms with Gasteiger partial charge in [0.1, 0.15) is 18.1 Å². The van der Waals surface area contributed by atoms with Crippen LogP contribution in [0.3, 0.4) is 0 Å². The molecule has 4 unspecified atom stereocenters. The standard InChI is InChI=1S/C26H36N6O7/c27-10-4-3-8-19(30-25(37)20(13-22(33)34)31-23(35)18-9-5-11-28-18)24(36)32-21(26(38)39)12-15-14-29-17-7-2-1-6-16(15)17/h1-2,6-7,14,18-21,28-29H,3-5,8-13,27H2,(H,30,37)(H,31,35)(H,32,36)(H,33,34)(H,38,39). The number of nitrogens with one attached hydrogen (secondary N) is 5. The third-order valence-corrected chi connectivity index (χ3v) is 6.68. The topological polar surface area (TPSA) is 216 Å². The molecule has 2 aromatic rings. The molecule has 1 saturated heterocycles. The first-order valence-corrected chi connectivity index (χ1v) is 13.0. The Kier molecular flexibility index (Phi) is 10.8. The molecule has 1 fully saturated rings. The van der Waals surface area contributed by atoms with Crippen molar-refractivity contribution in [1.29, 1.82) is 0 Å². The number of unbranched alkanes of at least 4 members (excludes halogenated alkanes) is 1. The molecule has 13 nitrogen and oxygen atoms in total. The van der Waals surface area contributed by atoms with Crippen molar-refractivity contribution in [3.63, 3.8) is 0 Å². The number of amides is 3. The van der Waals surface area contributed by atoms with Crippen LogP contribution < -0.4 is 27.0 Å². The quantitative estimate of drug-likeness (QED) is 0.137. The minimum Gasteiger partial charge on any atom is -0.481 e. The van der Waals surface area contributed by atoms with E-state index in [4.69, 9.17) is 5.73 Å². The van der Waals surface area contributed by atoms with E-state index in [1.165, 1.54) is 0 Å². The molecule has 0 bridgehead atoms. The SMILES string of the molecule is NCCCCC(NC(=O)C(CC(=O)O)NC(=O)C1CCCN1)C(=O)NC(Cc1c[nH]c2ccccc12)C(=O)O. The molecule has 4 atom stereocenters. The molecule has 1 aliphatic heterocycles. The monoisotopic (exact) mass is 544 g/mol. The van der Waals surface area contributed by atoms with Gasteiger partial charge in [0.15, 0.2) is 0 Å². The van der Waals surface area contributed by atoms with E-state index in [9.17, 15) is 34.2 Å². The maximum Gasteiger partial charge on any atom is 0.326 e. The van der Waals surface area contributed by atoms with Gasteiger partial charge in [0, 0.05) is 23.5 Å². The number of hydrogen-bond donors (Lipinski definition) is 8. The molecule has 9 N–H and O–H groups in total. The van der Waals surface area contributed by atoms with Gasteiger partial charge >= 0.3 is 11.9 Å². The summed E-state index contributed by atoms with van der Waals surface area (Å²) in [6, 6.07) is 2.98.